The molecule has 1 spiro atoms. The van der Waals surface area contributed by atoms with Gasteiger partial charge in [-0.25, -0.2) is 4.79 Å². The average molecular weight is 427 g/mol. The third kappa shape index (κ3) is 4.33. The van der Waals surface area contributed by atoms with Crippen molar-refractivity contribution < 1.29 is 14.4 Å². The number of anilines is 1. The largest absolute Gasteiger partial charge is 0.367 e. The SMILES string of the molecule is O=C(CCN(Cc1ccsc1)c1ccccc1)NN1C(=O)NC2(CCCCC2)C1=O. The van der Waals surface area contributed by atoms with E-state index in [0.29, 0.717) is 25.9 Å². The summed E-state index contributed by atoms with van der Waals surface area (Å²) in [7, 11) is 0. The minimum atomic E-state index is -0.836. The minimum absolute atomic E-state index is 0.170. The number of carbonyl (C=O) groups is 3. The molecule has 2 fully saturated rings. The summed E-state index contributed by atoms with van der Waals surface area (Å²) in [4.78, 5) is 39.9. The molecular weight excluding hydrogens is 400 g/mol. The number of rotatable bonds is 7. The molecule has 1 aliphatic heterocycles. The monoisotopic (exact) mass is 426 g/mol. The van der Waals surface area contributed by atoms with E-state index in [1.54, 1.807) is 11.3 Å². The van der Waals surface area contributed by atoms with Gasteiger partial charge in [0.1, 0.15) is 5.54 Å². The lowest BCUT2D eigenvalue weighted by Gasteiger charge is -2.30. The second-order valence-corrected chi connectivity index (χ2v) is 8.67. The maximum atomic E-state index is 12.8. The maximum absolute atomic E-state index is 12.8. The lowest BCUT2D eigenvalue weighted by atomic mass is 9.82. The second kappa shape index (κ2) is 8.87. The summed E-state index contributed by atoms with van der Waals surface area (Å²) in [6.07, 6.45) is 4.31. The van der Waals surface area contributed by atoms with Crippen molar-refractivity contribution in [2.75, 3.05) is 11.4 Å². The number of imide groups is 1. The van der Waals surface area contributed by atoms with Crippen molar-refractivity contribution >= 4 is 34.9 Å². The molecule has 2 heterocycles. The van der Waals surface area contributed by atoms with Crippen LogP contribution in [0, 0.1) is 0 Å². The highest BCUT2D eigenvalue weighted by atomic mass is 32.1. The van der Waals surface area contributed by atoms with E-state index in [1.165, 1.54) is 5.56 Å². The molecule has 0 radical (unpaired) electrons. The van der Waals surface area contributed by atoms with E-state index in [9.17, 15) is 14.4 Å². The zero-order valence-electron chi connectivity index (χ0n) is 16.8. The normalized spacial score (nSPS) is 17.8. The molecule has 4 amide bonds. The van der Waals surface area contributed by atoms with E-state index in [1.807, 2.05) is 35.7 Å². The Kier molecular flexibility index (Phi) is 6.03. The second-order valence-electron chi connectivity index (χ2n) is 7.89. The van der Waals surface area contributed by atoms with Gasteiger partial charge in [-0.3, -0.25) is 15.0 Å². The van der Waals surface area contributed by atoms with Gasteiger partial charge in [-0.2, -0.15) is 16.3 Å². The predicted molar refractivity (Wildman–Crippen MR) is 116 cm³/mol. The van der Waals surface area contributed by atoms with Crippen LogP contribution in [0.1, 0.15) is 44.1 Å². The lowest BCUT2D eigenvalue weighted by Crippen LogP contribution is -2.51. The number of urea groups is 1. The predicted octanol–water partition coefficient (Wildman–Crippen LogP) is 3.43. The Labute approximate surface area is 180 Å². The number of nitrogens with zero attached hydrogens (tertiary/aromatic N) is 2. The number of hydrogen-bond acceptors (Lipinski definition) is 5. The highest BCUT2D eigenvalue weighted by molar-refractivity contribution is 7.07. The zero-order chi connectivity index (χ0) is 21.0. The van der Waals surface area contributed by atoms with Gasteiger partial charge in [-0.05, 0) is 47.4 Å². The molecule has 2 N–H and O–H groups in total. The van der Waals surface area contributed by atoms with Crippen molar-refractivity contribution in [3.63, 3.8) is 0 Å². The fraction of sp³-hybridized carbons (Fsp3) is 0.409. The highest BCUT2D eigenvalue weighted by Gasteiger charge is 2.52. The number of nitrogens with one attached hydrogen (secondary N) is 2. The smallest absolute Gasteiger partial charge is 0.344 e. The summed E-state index contributed by atoms with van der Waals surface area (Å²) in [5.74, 6) is -0.684. The van der Waals surface area contributed by atoms with E-state index in [-0.39, 0.29) is 18.2 Å². The molecule has 1 saturated carbocycles. The molecule has 30 heavy (non-hydrogen) atoms. The van der Waals surface area contributed by atoms with Crippen molar-refractivity contribution in [3.05, 3.63) is 52.7 Å². The molecule has 4 rings (SSSR count). The Morgan fingerprint density at radius 1 is 1.13 bits per heavy atom. The van der Waals surface area contributed by atoms with Gasteiger partial charge in [-0.15, -0.1) is 0 Å². The van der Waals surface area contributed by atoms with Gasteiger partial charge in [0.15, 0.2) is 0 Å². The molecular formula is C22H26N4O3S. The van der Waals surface area contributed by atoms with Crippen LogP contribution in [0.2, 0.25) is 0 Å². The van der Waals surface area contributed by atoms with Crippen LogP contribution in [0.3, 0.4) is 0 Å². The lowest BCUT2D eigenvalue weighted by molar-refractivity contribution is -0.139. The third-order valence-corrected chi connectivity index (χ3v) is 6.52. The molecule has 2 aromatic rings. The van der Waals surface area contributed by atoms with E-state index >= 15 is 0 Å². The van der Waals surface area contributed by atoms with Crippen LogP contribution in [0.25, 0.3) is 0 Å². The Bertz CT molecular complexity index is 894. The Hall–Kier alpha value is -2.87. The van der Waals surface area contributed by atoms with Crippen molar-refractivity contribution in [2.45, 2.75) is 50.6 Å². The number of hydrogen-bond donors (Lipinski definition) is 2. The summed E-state index contributed by atoms with van der Waals surface area (Å²) < 4.78 is 0. The number of thiophene rings is 1. The van der Waals surface area contributed by atoms with Crippen molar-refractivity contribution in [1.29, 1.82) is 0 Å². The first-order valence-corrected chi connectivity index (χ1v) is 11.3. The van der Waals surface area contributed by atoms with Gasteiger partial charge in [0.05, 0.1) is 0 Å². The summed E-state index contributed by atoms with van der Waals surface area (Å²) in [6.45, 7) is 1.16. The van der Waals surface area contributed by atoms with Crippen LogP contribution < -0.4 is 15.6 Å². The molecule has 1 aliphatic carbocycles. The number of carbonyl (C=O) groups excluding carboxylic acids is 3. The number of amides is 4. The van der Waals surface area contributed by atoms with E-state index < -0.39 is 11.6 Å². The molecule has 1 saturated heterocycles. The summed E-state index contributed by atoms with van der Waals surface area (Å²) in [5.41, 5.74) is 3.89. The van der Waals surface area contributed by atoms with Gasteiger partial charge in [0.25, 0.3) is 5.91 Å². The van der Waals surface area contributed by atoms with Crippen molar-refractivity contribution in [1.82, 2.24) is 15.8 Å². The standard InChI is InChI=1S/C22H26N4O3S/c27-19(24-26-20(28)22(23-21(26)29)11-5-2-6-12-22)9-13-25(15-17-10-14-30-16-17)18-7-3-1-4-8-18/h1,3-4,7-8,10,14,16H,2,5-6,9,11-13,15H2,(H,23,29)(H,24,27). The maximum Gasteiger partial charge on any atom is 0.344 e. The zero-order valence-corrected chi connectivity index (χ0v) is 17.6. The van der Waals surface area contributed by atoms with Crippen LogP contribution in [0.4, 0.5) is 10.5 Å². The molecule has 8 heteroatoms. The minimum Gasteiger partial charge on any atom is -0.367 e. The van der Waals surface area contributed by atoms with E-state index in [4.69, 9.17) is 0 Å². The first kappa shape index (κ1) is 20.4. The molecule has 0 bridgehead atoms. The number of para-hydroxylation sites is 1. The Morgan fingerprint density at radius 3 is 2.60 bits per heavy atom. The molecule has 1 aromatic heterocycles. The highest BCUT2D eigenvalue weighted by Crippen LogP contribution is 2.33. The van der Waals surface area contributed by atoms with E-state index in [0.717, 1.165) is 30.0 Å². The van der Waals surface area contributed by atoms with Crippen LogP contribution in [0.15, 0.2) is 47.2 Å². The first-order chi connectivity index (χ1) is 14.6. The van der Waals surface area contributed by atoms with Gasteiger partial charge >= 0.3 is 6.03 Å². The van der Waals surface area contributed by atoms with Crippen LogP contribution >= 0.6 is 11.3 Å². The van der Waals surface area contributed by atoms with Crippen LogP contribution in [-0.2, 0) is 16.1 Å². The Balaban J connectivity index is 1.38. The van der Waals surface area contributed by atoms with Gasteiger partial charge in [0.2, 0.25) is 5.91 Å². The van der Waals surface area contributed by atoms with E-state index in [2.05, 4.69) is 27.1 Å². The van der Waals surface area contributed by atoms with Crippen molar-refractivity contribution in [3.8, 4) is 0 Å². The summed E-state index contributed by atoms with van der Waals surface area (Å²) in [6, 6.07) is 11.4. The van der Waals surface area contributed by atoms with Gasteiger partial charge in [-0.1, -0.05) is 37.5 Å². The third-order valence-electron chi connectivity index (χ3n) is 5.79. The van der Waals surface area contributed by atoms with Crippen LogP contribution in [0.5, 0.6) is 0 Å². The molecule has 0 unspecified atom stereocenters. The summed E-state index contributed by atoms with van der Waals surface area (Å²) >= 11 is 1.64. The molecule has 1 aromatic carbocycles. The van der Waals surface area contributed by atoms with Crippen molar-refractivity contribution in [2.24, 2.45) is 0 Å². The van der Waals surface area contributed by atoms with Crippen LogP contribution in [-0.4, -0.2) is 34.9 Å². The molecule has 0 atom stereocenters. The first-order valence-electron chi connectivity index (χ1n) is 10.3. The fourth-order valence-electron chi connectivity index (χ4n) is 4.17. The number of benzene rings is 1. The molecule has 158 valence electrons. The summed E-state index contributed by atoms with van der Waals surface area (Å²) in [5, 5.41) is 7.80. The van der Waals surface area contributed by atoms with Gasteiger partial charge in [0, 0.05) is 25.2 Å². The quantitative estimate of drug-likeness (QED) is 0.665. The topological polar surface area (TPSA) is 81.8 Å². The Morgan fingerprint density at radius 2 is 1.90 bits per heavy atom. The molecule has 2 aliphatic rings. The fourth-order valence-corrected chi connectivity index (χ4v) is 4.83. The molecule has 7 nitrogen and oxygen atoms in total. The average Bonchev–Trinajstić information content (AvgIpc) is 3.35. The van der Waals surface area contributed by atoms with Gasteiger partial charge < -0.3 is 10.2 Å². The number of hydrazine groups is 1.